The van der Waals surface area contributed by atoms with Crippen LogP contribution in [0.5, 0.6) is 0 Å². The fraction of sp³-hybridized carbons (Fsp3) is 0. The molecule has 6 heavy (non-hydrogen) atoms. The summed E-state index contributed by atoms with van der Waals surface area (Å²) < 4.78 is 0. The van der Waals surface area contributed by atoms with Crippen LogP contribution < -0.4 is 10.2 Å². The molecule has 0 aliphatic carbocycles. The van der Waals surface area contributed by atoms with Gasteiger partial charge in [0, 0.05) is 0 Å². The minimum atomic E-state index is -2.33. The predicted octanol–water partition coefficient (Wildman–Crippen LogP) is -2.83. The number of carbonyl (C=O) groups excluding carboxylic acids is 1. The molecule has 0 spiro atoms. The van der Waals surface area contributed by atoms with Gasteiger partial charge in [0.2, 0.25) is 0 Å². The smallest absolute Gasteiger partial charge is 0.652 e. The van der Waals surface area contributed by atoms with Crippen LogP contribution in [0, 0.1) is 0 Å². The van der Waals surface area contributed by atoms with Gasteiger partial charge in [-0.15, -0.1) is 0 Å². The van der Waals surface area contributed by atoms with Gasteiger partial charge in [-0.1, -0.05) is 0 Å². The van der Waals surface area contributed by atoms with Gasteiger partial charge in [0.25, 0.3) is 0 Å². The Hall–Kier alpha value is 0.322. The summed E-state index contributed by atoms with van der Waals surface area (Å²) in [6.45, 7) is 0. The second-order valence-electron chi connectivity index (χ2n) is 0.250. The van der Waals surface area contributed by atoms with E-state index < -0.39 is 6.16 Å². The van der Waals surface area contributed by atoms with Gasteiger partial charge in [-0.3, -0.25) is 0 Å². The third-order valence-corrected chi connectivity index (χ3v) is 0. The number of rotatable bonds is 0. The number of hydrogen-bond acceptors (Lipinski definition) is 3. The molecule has 0 aromatic heterocycles. The normalized spacial score (nSPS) is 4.00. The molecule has 0 N–H and O–H groups in total. The zero-order valence-electron chi connectivity index (χ0n) is 2.66. The topological polar surface area (TPSA) is 63.2 Å². The van der Waals surface area contributed by atoms with Gasteiger partial charge >= 0.3 is 34.4 Å². The van der Waals surface area contributed by atoms with Gasteiger partial charge in [0.15, 0.2) is 0 Å². The van der Waals surface area contributed by atoms with Crippen molar-refractivity contribution in [3.8, 4) is 0 Å². The first kappa shape index (κ1) is 16.2. The summed E-state index contributed by atoms with van der Waals surface area (Å²) in [6.07, 6.45) is -2.33. The Bertz CT molecular complexity index is 33.8. The van der Waals surface area contributed by atoms with E-state index in [4.69, 9.17) is 15.0 Å². The SMILES string of the molecule is O=C([O-])[O-].[Al+3].[Fe+2]. The summed E-state index contributed by atoms with van der Waals surface area (Å²) in [7, 11) is 0. The summed E-state index contributed by atoms with van der Waals surface area (Å²) in [5.74, 6) is 0. The van der Waals surface area contributed by atoms with E-state index in [0.29, 0.717) is 0 Å². The molecule has 0 aromatic rings. The first-order valence-corrected chi connectivity index (χ1v) is 0.612. The molecule has 0 saturated heterocycles. The maximum Gasteiger partial charge on any atom is 3.00 e. The second kappa shape index (κ2) is 9.01. The van der Waals surface area contributed by atoms with Crippen LogP contribution in [0.4, 0.5) is 4.79 Å². The van der Waals surface area contributed by atoms with Crippen molar-refractivity contribution in [1.82, 2.24) is 0 Å². The van der Waals surface area contributed by atoms with Gasteiger partial charge in [-0.05, 0) is 6.16 Å². The molecule has 0 aliphatic heterocycles. The molecule has 30 valence electrons. The Morgan fingerprint density at radius 2 is 1.33 bits per heavy atom. The van der Waals surface area contributed by atoms with Crippen LogP contribution in [-0.4, -0.2) is 23.5 Å². The van der Waals surface area contributed by atoms with E-state index in [2.05, 4.69) is 0 Å². The van der Waals surface area contributed by atoms with E-state index in [1.54, 1.807) is 0 Å². The second-order valence-corrected chi connectivity index (χ2v) is 0.250. The molecule has 0 atom stereocenters. The minimum Gasteiger partial charge on any atom is -0.652 e. The number of carboxylic acid groups (broad SMARTS) is 2. The summed E-state index contributed by atoms with van der Waals surface area (Å²) in [5, 5.41) is 16.7. The van der Waals surface area contributed by atoms with Gasteiger partial charge < -0.3 is 15.0 Å². The van der Waals surface area contributed by atoms with Crippen molar-refractivity contribution < 1.29 is 32.1 Å². The van der Waals surface area contributed by atoms with Gasteiger partial charge in [0.1, 0.15) is 0 Å². The fourth-order valence-electron chi connectivity index (χ4n) is 0. The van der Waals surface area contributed by atoms with Gasteiger partial charge in [-0.25, -0.2) is 0 Å². The van der Waals surface area contributed by atoms with Gasteiger partial charge in [0.05, 0.1) is 0 Å². The molecule has 0 aromatic carbocycles. The molecular weight excluding hydrogens is 143 g/mol. The van der Waals surface area contributed by atoms with E-state index in [0.717, 1.165) is 0 Å². The molecule has 0 rings (SSSR count). The molecule has 0 aliphatic rings. The van der Waals surface area contributed by atoms with Crippen molar-refractivity contribution in [3.05, 3.63) is 0 Å². The van der Waals surface area contributed by atoms with Crippen molar-refractivity contribution in [2.75, 3.05) is 0 Å². The molecule has 3 nitrogen and oxygen atoms in total. The van der Waals surface area contributed by atoms with E-state index in [-0.39, 0.29) is 34.4 Å². The van der Waals surface area contributed by atoms with Crippen LogP contribution in [0.15, 0.2) is 0 Å². The molecule has 0 fully saturated rings. The van der Waals surface area contributed by atoms with Crippen LogP contribution in [0.25, 0.3) is 0 Å². The first-order chi connectivity index (χ1) is 1.73. The molecule has 0 heterocycles. The zero-order valence-corrected chi connectivity index (χ0v) is 4.91. The average Bonchev–Trinajstić information content (AvgIpc) is 0.811. The Labute approximate surface area is 56.0 Å². The maximum atomic E-state index is 8.33. The average molecular weight is 143 g/mol. The monoisotopic (exact) mass is 143 g/mol. The largest absolute Gasteiger partial charge is 3.00 e. The molecular formula is CAlFeO3+3. The molecule has 0 saturated carbocycles. The third-order valence-electron chi connectivity index (χ3n) is 0. The maximum absolute atomic E-state index is 8.33. The first-order valence-electron chi connectivity index (χ1n) is 0.612. The third kappa shape index (κ3) is 460. The van der Waals surface area contributed by atoms with Crippen LogP contribution >= 0.6 is 0 Å². The van der Waals surface area contributed by atoms with Gasteiger partial charge in [-0.2, -0.15) is 0 Å². The summed E-state index contributed by atoms with van der Waals surface area (Å²) in [6, 6.07) is 0. The Kier molecular flexibility index (Phi) is 24.4. The number of hydrogen-bond donors (Lipinski definition) is 0. The van der Waals surface area contributed by atoms with Crippen molar-refractivity contribution >= 4 is 23.5 Å². The van der Waals surface area contributed by atoms with Crippen molar-refractivity contribution in [1.29, 1.82) is 0 Å². The summed E-state index contributed by atoms with van der Waals surface area (Å²) in [4.78, 5) is 8.33. The molecule has 0 bridgehead atoms. The Balaban J connectivity index is -0.0000000450. The van der Waals surface area contributed by atoms with E-state index in [1.165, 1.54) is 0 Å². The van der Waals surface area contributed by atoms with Crippen molar-refractivity contribution in [2.24, 2.45) is 0 Å². The Morgan fingerprint density at radius 3 is 1.33 bits per heavy atom. The predicted molar refractivity (Wildman–Crippen MR) is 11.1 cm³/mol. The minimum absolute atomic E-state index is 0. The van der Waals surface area contributed by atoms with Crippen LogP contribution in [0.3, 0.4) is 0 Å². The van der Waals surface area contributed by atoms with Crippen molar-refractivity contribution in [3.63, 3.8) is 0 Å². The molecule has 0 amide bonds. The van der Waals surface area contributed by atoms with E-state index >= 15 is 0 Å². The molecule has 0 radical (unpaired) electrons. The molecule has 5 heteroatoms. The van der Waals surface area contributed by atoms with Crippen LogP contribution in [-0.2, 0) is 17.1 Å². The van der Waals surface area contributed by atoms with E-state index in [1.807, 2.05) is 0 Å². The summed E-state index contributed by atoms with van der Waals surface area (Å²) >= 11 is 0. The standard InChI is InChI=1S/CH2O3.Al.Fe/c2-1(3)4;;/h(H2,2,3,4);;/q;+3;+2/p-2. The van der Waals surface area contributed by atoms with Crippen LogP contribution in [0.2, 0.25) is 0 Å². The summed E-state index contributed by atoms with van der Waals surface area (Å²) in [5.41, 5.74) is 0. The number of carbonyl (C=O) groups is 1. The zero-order chi connectivity index (χ0) is 3.58. The molecule has 0 unspecified atom stereocenters. The van der Waals surface area contributed by atoms with Crippen molar-refractivity contribution in [2.45, 2.75) is 0 Å². The van der Waals surface area contributed by atoms with Crippen LogP contribution in [0.1, 0.15) is 0 Å². The quantitative estimate of drug-likeness (QED) is 0.343. The Morgan fingerprint density at radius 1 is 1.33 bits per heavy atom. The van der Waals surface area contributed by atoms with E-state index in [9.17, 15) is 0 Å². The fourth-order valence-corrected chi connectivity index (χ4v) is 0.